The second kappa shape index (κ2) is 24.4. The highest BCUT2D eigenvalue weighted by Gasteiger charge is 2.41. The first-order valence-electron chi connectivity index (χ1n) is 18.4. The molecule has 1 fully saturated rings. The molecule has 0 bridgehead atoms. The molecule has 1 aliphatic carbocycles. The smallest absolute Gasteiger partial charge is 0.454 e. The lowest BCUT2D eigenvalue weighted by Gasteiger charge is -2.35. The molecule has 50 heavy (non-hydrogen) atoms. The SMILES string of the molecule is CC[C@H]1C=CC(=O)O[C@H]1/C=C/[C@](O)(CCNC(=O)CCCCCCCCCCCCl)[C@@H](C[C@@H](O)/C=C\C=C/[C@@H]1CCC[C@H](O)C1)OP(=O)(O)O. The third-order valence-electron chi connectivity index (χ3n) is 9.38. The number of esters is 1. The van der Waals surface area contributed by atoms with E-state index in [4.69, 9.17) is 20.9 Å². The van der Waals surface area contributed by atoms with Crippen molar-refractivity contribution in [3.63, 3.8) is 0 Å². The number of carbonyl (C=O) groups excluding carboxylic acids is 2. The first-order valence-corrected chi connectivity index (χ1v) is 20.5. The van der Waals surface area contributed by atoms with Gasteiger partial charge in [0, 0.05) is 37.3 Å². The van der Waals surface area contributed by atoms with Gasteiger partial charge in [-0.1, -0.05) is 94.7 Å². The Hall–Kier alpha value is -1.82. The van der Waals surface area contributed by atoms with E-state index in [-0.39, 0.29) is 43.2 Å². The molecule has 0 saturated heterocycles. The minimum atomic E-state index is -5.16. The number of unbranched alkanes of at least 4 members (excludes halogenated alkanes) is 8. The second-order valence-corrected chi connectivity index (χ2v) is 15.2. The molecular weight excluding hydrogens is 685 g/mol. The maximum absolute atomic E-state index is 12.6. The number of phosphoric ester groups is 1. The Morgan fingerprint density at radius 2 is 1.78 bits per heavy atom. The number of cyclic esters (lactones) is 1. The van der Waals surface area contributed by atoms with Crippen LogP contribution in [-0.4, -0.2) is 79.4 Å². The van der Waals surface area contributed by atoms with Crippen LogP contribution in [0.2, 0.25) is 0 Å². The summed E-state index contributed by atoms with van der Waals surface area (Å²) in [6.07, 6.45) is 21.9. The molecule has 0 unspecified atom stereocenters. The molecule has 2 aliphatic rings. The van der Waals surface area contributed by atoms with Crippen LogP contribution in [0.25, 0.3) is 0 Å². The van der Waals surface area contributed by atoms with Crippen molar-refractivity contribution in [2.24, 2.45) is 11.8 Å². The third-order valence-corrected chi connectivity index (χ3v) is 10.2. The number of phosphoric acid groups is 1. The standard InChI is InChI=1S/C37H61ClNO10P/c1-2-30-20-21-36(43)48-33(30)22-23-37(44,24-26-39-35(42)19-10-8-6-4-3-5-7-9-13-25-38)34(49-50(45,46)47)28-32(41)17-12-11-15-29-16-14-18-31(40)27-29/h11-12,15,17,20-23,29-34,40-41,44H,2-10,13-14,16,18-19,24-28H2,1H3,(H,39,42)(H2,45,46,47)/b15-11-,17-12-,23-22+/t29-,30+,31+,32+,33+,34-,37+/m1/s1. The van der Waals surface area contributed by atoms with E-state index in [1.54, 1.807) is 18.2 Å². The molecule has 0 spiro atoms. The molecule has 2 rings (SSSR count). The Morgan fingerprint density at radius 3 is 2.42 bits per heavy atom. The Balaban J connectivity index is 2.07. The van der Waals surface area contributed by atoms with Crippen LogP contribution in [0.1, 0.15) is 116 Å². The summed E-state index contributed by atoms with van der Waals surface area (Å²) in [5, 5.41) is 35.5. The number of aliphatic hydroxyl groups excluding tert-OH is 2. The fraction of sp³-hybridized carbons (Fsp3) is 0.730. The lowest BCUT2D eigenvalue weighted by molar-refractivity contribution is -0.143. The normalized spacial score (nSPS) is 24.1. The summed E-state index contributed by atoms with van der Waals surface area (Å²) in [4.78, 5) is 44.2. The number of amides is 1. The molecule has 7 atom stereocenters. The van der Waals surface area contributed by atoms with Gasteiger partial charge in [0.05, 0.1) is 12.2 Å². The van der Waals surface area contributed by atoms with Crippen molar-refractivity contribution >= 4 is 31.3 Å². The molecular formula is C37H61ClNO10P. The van der Waals surface area contributed by atoms with Gasteiger partial charge in [0.25, 0.3) is 0 Å². The first-order chi connectivity index (χ1) is 23.8. The van der Waals surface area contributed by atoms with Gasteiger partial charge in [-0.05, 0) is 56.9 Å². The van der Waals surface area contributed by atoms with E-state index in [1.807, 2.05) is 13.0 Å². The molecule has 286 valence electrons. The van der Waals surface area contributed by atoms with Crippen LogP contribution >= 0.6 is 19.4 Å². The molecule has 0 aromatic carbocycles. The average Bonchev–Trinajstić information content (AvgIpc) is 3.06. The molecule has 1 amide bonds. The molecule has 1 saturated carbocycles. The lowest BCUT2D eigenvalue weighted by atomic mass is 9.86. The van der Waals surface area contributed by atoms with Crippen molar-refractivity contribution < 1.29 is 48.5 Å². The van der Waals surface area contributed by atoms with Gasteiger partial charge in [-0.2, -0.15) is 0 Å². The highest BCUT2D eigenvalue weighted by molar-refractivity contribution is 7.46. The van der Waals surface area contributed by atoms with E-state index in [0.717, 1.165) is 57.8 Å². The van der Waals surface area contributed by atoms with Crippen molar-refractivity contribution in [3.8, 4) is 0 Å². The van der Waals surface area contributed by atoms with Crippen LogP contribution in [0.5, 0.6) is 0 Å². The molecule has 11 nitrogen and oxygen atoms in total. The number of ether oxygens (including phenoxy) is 1. The second-order valence-electron chi connectivity index (χ2n) is 13.6. The fourth-order valence-electron chi connectivity index (χ4n) is 6.44. The van der Waals surface area contributed by atoms with Crippen LogP contribution < -0.4 is 5.32 Å². The van der Waals surface area contributed by atoms with Gasteiger partial charge in [-0.3, -0.25) is 9.32 Å². The van der Waals surface area contributed by atoms with Gasteiger partial charge in [0.2, 0.25) is 5.91 Å². The van der Waals surface area contributed by atoms with Crippen molar-refractivity contribution in [3.05, 3.63) is 48.6 Å². The van der Waals surface area contributed by atoms with Crippen LogP contribution in [0, 0.1) is 11.8 Å². The van der Waals surface area contributed by atoms with Gasteiger partial charge in [-0.15, -0.1) is 11.6 Å². The Kier molecular flexibility index (Phi) is 21.7. The van der Waals surface area contributed by atoms with Crippen LogP contribution in [0.3, 0.4) is 0 Å². The number of carbonyl (C=O) groups is 2. The van der Waals surface area contributed by atoms with Gasteiger partial charge >= 0.3 is 13.8 Å². The number of nitrogens with one attached hydrogen (secondary N) is 1. The molecule has 0 aromatic rings. The van der Waals surface area contributed by atoms with Crippen molar-refractivity contribution in [1.29, 1.82) is 0 Å². The zero-order valence-electron chi connectivity index (χ0n) is 29.6. The minimum Gasteiger partial charge on any atom is -0.454 e. The van der Waals surface area contributed by atoms with Gasteiger partial charge in [-0.25, -0.2) is 9.36 Å². The van der Waals surface area contributed by atoms with Crippen LogP contribution in [0.15, 0.2) is 48.6 Å². The lowest BCUT2D eigenvalue weighted by Crippen LogP contribution is -2.46. The summed E-state index contributed by atoms with van der Waals surface area (Å²) in [6.45, 7) is 1.88. The summed E-state index contributed by atoms with van der Waals surface area (Å²) >= 11 is 5.72. The van der Waals surface area contributed by atoms with E-state index < -0.39 is 37.7 Å². The first kappa shape index (κ1) is 44.3. The van der Waals surface area contributed by atoms with Crippen molar-refractivity contribution in [2.45, 2.75) is 146 Å². The Morgan fingerprint density at radius 1 is 1.10 bits per heavy atom. The minimum absolute atomic E-state index is 0.0352. The van der Waals surface area contributed by atoms with Crippen LogP contribution in [-0.2, 0) is 23.4 Å². The van der Waals surface area contributed by atoms with E-state index >= 15 is 0 Å². The Bertz CT molecular complexity index is 1160. The topological polar surface area (TPSA) is 183 Å². The summed E-state index contributed by atoms with van der Waals surface area (Å²) < 4.78 is 22.6. The number of hydrogen-bond donors (Lipinski definition) is 6. The number of aliphatic hydroxyl groups is 3. The maximum Gasteiger partial charge on any atom is 0.469 e. The highest BCUT2D eigenvalue weighted by atomic mass is 35.5. The number of halogens is 1. The Labute approximate surface area is 303 Å². The quantitative estimate of drug-likeness (QED) is 0.0154. The monoisotopic (exact) mass is 745 g/mol. The summed E-state index contributed by atoms with van der Waals surface area (Å²) in [6, 6.07) is 0. The predicted octanol–water partition coefficient (Wildman–Crippen LogP) is 6.32. The molecule has 1 aliphatic heterocycles. The van der Waals surface area contributed by atoms with E-state index in [9.17, 15) is 39.3 Å². The van der Waals surface area contributed by atoms with E-state index in [0.29, 0.717) is 25.1 Å². The third kappa shape index (κ3) is 19.1. The van der Waals surface area contributed by atoms with E-state index in [1.165, 1.54) is 43.6 Å². The van der Waals surface area contributed by atoms with Crippen molar-refractivity contribution in [2.75, 3.05) is 12.4 Å². The molecule has 0 radical (unpaired) electrons. The number of alkyl halides is 1. The van der Waals surface area contributed by atoms with Gasteiger partial charge < -0.3 is 35.2 Å². The van der Waals surface area contributed by atoms with Gasteiger partial charge in [0.1, 0.15) is 17.8 Å². The molecule has 0 aromatic heterocycles. The molecule has 1 heterocycles. The summed E-state index contributed by atoms with van der Waals surface area (Å²) in [5.41, 5.74) is -2.08. The molecule has 13 heteroatoms. The number of allylic oxidation sites excluding steroid dienone is 3. The van der Waals surface area contributed by atoms with E-state index in [2.05, 4.69) is 5.32 Å². The summed E-state index contributed by atoms with van der Waals surface area (Å²) in [7, 11) is -5.16. The summed E-state index contributed by atoms with van der Waals surface area (Å²) in [5.74, 6) is -0.0181. The van der Waals surface area contributed by atoms with Gasteiger partial charge in [0.15, 0.2) is 0 Å². The maximum atomic E-state index is 12.6. The van der Waals surface area contributed by atoms with Crippen LogP contribution in [0.4, 0.5) is 0 Å². The average molecular weight is 746 g/mol. The van der Waals surface area contributed by atoms with Crippen molar-refractivity contribution in [1.82, 2.24) is 5.32 Å². The number of rotatable bonds is 25. The zero-order valence-corrected chi connectivity index (χ0v) is 31.3. The zero-order chi connectivity index (χ0) is 36.8. The highest BCUT2D eigenvalue weighted by Crippen LogP contribution is 2.42. The fourth-order valence-corrected chi connectivity index (χ4v) is 7.22. The number of hydrogen-bond acceptors (Lipinski definition) is 8. The predicted molar refractivity (Wildman–Crippen MR) is 195 cm³/mol. The molecule has 6 N–H and O–H groups in total. The largest absolute Gasteiger partial charge is 0.469 e.